The molecule has 2 aliphatic heterocycles. The van der Waals surface area contributed by atoms with Gasteiger partial charge in [-0.3, -0.25) is 9.59 Å². The largest absolute Gasteiger partial charge is 0.493 e. The van der Waals surface area contributed by atoms with Crippen LogP contribution in [0.5, 0.6) is 5.75 Å². The maximum atomic E-state index is 12.7. The van der Waals surface area contributed by atoms with E-state index in [1.165, 1.54) is 0 Å². The van der Waals surface area contributed by atoms with Gasteiger partial charge in [0, 0.05) is 43.6 Å². The van der Waals surface area contributed by atoms with Crippen molar-refractivity contribution in [3.05, 3.63) is 29.8 Å². The smallest absolute Gasteiger partial charge is 0.253 e. The van der Waals surface area contributed by atoms with Gasteiger partial charge in [0.2, 0.25) is 5.91 Å². The molecular formula is C25H38N2O3. The van der Waals surface area contributed by atoms with E-state index < -0.39 is 0 Å². The fraction of sp³-hybridized carbons (Fsp3) is 0.680. The Morgan fingerprint density at radius 2 is 1.67 bits per heavy atom. The lowest BCUT2D eigenvalue weighted by Gasteiger charge is -2.34. The molecule has 0 bridgehead atoms. The summed E-state index contributed by atoms with van der Waals surface area (Å²) in [6, 6.07) is 7.55. The molecule has 2 saturated heterocycles. The van der Waals surface area contributed by atoms with Crippen LogP contribution >= 0.6 is 0 Å². The van der Waals surface area contributed by atoms with Crippen LogP contribution in [0.25, 0.3) is 0 Å². The van der Waals surface area contributed by atoms with Crippen LogP contribution in [-0.4, -0.2) is 54.4 Å². The maximum Gasteiger partial charge on any atom is 0.253 e. The van der Waals surface area contributed by atoms with Crippen molar-refractivity contribution < 1.29 is 14.3 Å². The summed E-state index contributed by atoms with van der Waals surface area (Å²) in [5, 5.41) is 0. The maximum absolute atomic E-state index is 12.7. The Bertz CT molecular complexity index is 691. The van der Waals surface area contributed by atoms with E-state index in [0.717, 1.165) is 76.0 Å². The van der Waals surface area contributed by atoms with Crippen molar-refractivity contribution in [2.75, 3.05) is 32.8 Å². The molecule has 2 aliphatic rings. The molecule has 2 heterocycles. The molecule has 2 fully saturated rings. The number of hydrogen-bond acceptors (Lipinski definition) is 3. The Hall–Kier alpha value is -2.04. The Morgan fingerprint density at radius 1 is 1.00 bits per heavy atom. The van der Waals surface area contributed by atoms with Gasteiger partial charge in [-0.05, 0) is 68.7 Å². The van der Waals surface area contributed by atoms with Gasteiger partial charge in [-0.15, -0.1) is 0 Å². The van der Waals surface area contributed by atoms with Crippen LogP contribution in [0.15, 0.2) is 24.3 Å². The first-order valence-electron chi connectivity index (χ1n) is 11.8. The molecule has 3 rings (SSSR count). The van der Waals surface area contributed by atoms with Crippen LogP contribution in [0.3, 0.4) is 0 Å². The molecule has 166 valence electrons. The number of amides is 2. The standard InChI is InChI=1S/C25H38N2O3/c1-4-21(5-2)24(28)27-14-6-7-20(17-27)18-30-23-10-8-22(9-11-23)25(29)26-15-12-19(3)13-16-26/h8-11,19-21H,4-7,12-18H2,1-3H3/t20-/m0/s1. The third kappa shape index (κ3) is 5.77. The van der Waals surface area contributed by atoms with E-state index in [-0.39, 0.29) is 11.8 Å². The molecule has 2 amide bonds. The minimum absolute atomic E-state index is 0.122. The molecule has 0 radical (unpaired) electrons. The van der Waals surface area contributed by atoms with Crippen molar-refractivity contribution in [3.63, 3.8) is 0 Å². The molecule has 0 aliphatic carbocycles. The Morgan fingerprint density at radius 3 is 2.30 bits per heavy atom. The first kappa shape index (κ1) is 22.6. The molecule has 0 spiro atoms. The van der Waals surface area contributed by atoms with Crippen LogP contribution < -0.4 is 4.74 Å². The molecule has 30 heavy (non-hydrogen) atoms. The van der Waals surface area contributed by atoms with Gasteiger partial charge in [-0.25, -0.2) is 0 Å². The van der Waals surface area contributed by atoms with Crippen molar-refractivity contribution in [1.82, 2.24) is 9.80 Å². The van der Waals surface area contributed by atoms with Gasteiger partial charge in [0.25, 0.3) is 5.91 Å². The van der Waals surface area contributed by atoms with Gasteiger partial charge in [0.15, 0.2) is 0 Å². The van der Waals surface area contributed by atoms with Crippen molar-refractivity contribution in [3.8, 4) is 5.75 Å². The van der Waals surface area contributed by atoms with Gasteiger partial charge in [0.1, 0.15) is 5.75 Å². The van der Waals surface area contributed by atoms with E-state index in [1.54, 1.807) is 0 Å². The first-order chi connectivity index (χ1) is 14.5. The molecule has 0 saturated carbocycles. The Labute approximate surface area is 181 Å². The monoisotopic (exact) mass is 414 g/mol. The summed E-state index contributed by atoms with van der Waals surface area (Å²) < 4.78 is 6.02. The summed E-state index contributed by atoms with van der Waals surface area (Å²) in [5.41, 5.74) is 0.733. The van der Waals surface area contributed by atoms with Crippen LogP contribution in [0, 0.1) is 17.8 Å². The highest BCUT2D eigenvalue weighted by atomic mass is 16.5. The Balaban J connectivity index is 1.49. The third-order valence-corrected chi connectivity index (χ3v) is 6.82. The average molecular weight is 415 g/mol. The molecular weight excluding hydrogens is 376 g/mol. The van der Waals surface area contributed by atoms with Crippen molar-refractivity contribution in [2.24, 2.45) is 17.8 Å². The molecule has 1 aromatic rings. The van der Waals surface area contributed by atoms with Crippen LogP contribution in [-0.2, 0) is 4.79 Å². The fourth-order valence-corrected chi connectivity index (χ4v) is 4.60. The van der Waals surface area contributed by atoms with Gasteiger partial charge >= 0.3 is 0 Å². The average Bonchev–Trinajstić information content (AvgIpc) is 2.79. The highest BCUT2D eigenvalue weighted by molar-refractivity contribution is 5.94. The first-order valence-corrected chi connectivity index (χ1v) is 11.8. The number of likely N-dealkylation sites (tertiary alicyclic amines) is 2. The molecule has 5 nitrogen and oxygen atoms in total. The normalized spacial score (nSPS) is 20.5. The number of piperidine rings is 2. The van der Waals surface area contributed by atoms with E-state index in [4.69, 9.17) is 4.74 Å². The van der Waals surface area contributed by atoms with E-state index in [9.17, 15) is 9.59 Å². The van der Waals surface area contributed by atoms with E-state index >= 15 is 0 Å². The number of carbonyl (C=O) groups is 2. The highest BCUT2D eigenvalue weighted by Crippen LogP contribution is 2.23. The third-order valence-electron chi connectivity index (χ3n) is 6.82. The summed E-state index contributed by atoms with van der Waals surface area (Å²) >= 11 is 0. The van der Waals surface area contributed by atoms with Crippen molar-refractivity contribution in [2.45, 2.75) is 59.3 Å². The zero-order valence-corrected chi connectivity index (χ0v) is 18.9. The lowest BCUT2D eigenvalue weighted by Crippen LogP contribution is -2.44. The second-order valence-electron chi connectivity index (χ2n) is 9.12. The minimum Gasteiger partial charge on any atom is -0.493 e. The van der Waals surface area contributed by atoms with Crippen molar-refractivity contribution >= 4 is 11.8 Å². The SMILES string of the molecule is CCC(CC)C(=O)N1CCC[C@H](COc2ccc(C(=O)N3CCC(C)CC3)cc2)C1. The second kappa shape index (κ2) is 10.8. The second-order valence-corrected chi connectivity index (χ2v) is 9.12. The molecule has 0 aromatic heterocycles. The summed E-state index contributed by atoms with van der Waals surface area (Å²) in [6.07, 6.45) is 6.14. The lowest BCUT2D eigenvalue weighted by atomic mass is 9.95. The zero-order valence-electron chi connectivity index (χ0n) is 18.9. The summed E-state index contributed by atoms with van der Waals surface area (Å²) in [6.45, 7) is 10.4. The highest BCUT2D eigenvalue weighted by Gasteiger charge is 2.27. The number of nitrogens with zero attached hydrogens (tertiary/aromatic N) is 2. The number of rotatable bonds is 7. The topological polar surface area (TPSA) is 49.9 Å². The zero-order chi connectivity index (χ0) is 21.5. The number of hydrogen-bond donors (Lipinski definition) is 0. The summed E-state index contributed by atoms with van der Waals surface area (Å²) in [5.74, 6) is 2.45. The van der Waals surface area contributed by atoms with Crippen LogP contribution in [0.1, 0.15) is 69.7 Å². The molecule has 1 atom stereocenters. The molecule has 0 N–H and O–H groups in total. The molecule has 0 unspecified atom stereocenters. The van der Waals surface area contributed by atoms with E-state index in [1.807, 2.05) is 34.1 Å². The number of ether oxygens (including phenoxy) is 1. The van der Waals surface area contributed by atoms with E-state index in [2.05, 4.69) is 20.8 Å². The fourth-order valence-electron chi connectivity index (χ4n) is 4.60. The van der Waals surface area contributed by atoms with Crippen molar-refractivity contribution in [1.29, 1.82) is 0 Å². The van der Waals surface area contributed by atoms with Gasteiger partial charge < -0.3 is 14.5 Å². The Kier molecular flexibility index (Phi) is 8.17. The van der Waals surface area contributed by atoms with E-state index in [0.29, 0.717) is 24.3 Å². The minimum atomic E-state index is 0.122. The van der Waals surface area contributed by atoms with Gasteiger partial charge in [0.05, 0.1) is 6.61 Å². The van der Waals surface area contributed by atoms with Gasteiger partial charge in [-0.1, -0.05) is 20.8 Å². The molecule has 5 heteroatoms. The van der Waals surface area contributed by atoms with Gasteiger partial charge in [-0.2, -0.15) is 0 Å². The quantitative estimate of drug-likeness (QED) is 0.654. The molecule has 1 aromatic carbocycles. The summed E-state index contributed by atoms with van der Waals surface area (Å²) in [4.78, 5) is 29.4. The number of carbonyl (C=O) groups excluding carboxylic acids is 2. The van der Waals surface area contributed by atoms with Crippen LogP contribution in [0.2, 0.25) is 0 Å². The van der Waals surface area contributed by atoms with Crippen LogP contribution in [0.4, 0.5) is 0 Å². The lowest BCUT2D eigenvalue weighted by molar-refractivity contribution is -0.137. The predicted molar refractivity (Wildman–Crippen MR) is 120 cm³/mol. The summed E-state index contributed by atoms with van der Waals surface area (Å²) in [7, 11) is 0. The predicted octanol–water partition coefficient (Wildman–Crippen LogP) is 4.61. The number of benzene rings is 1.